The van der Waals surface area contributed by atoms with Gasteiger partial charge in [-0.05, 0) is 22.4 Å². The number of esters is 1. The van der Waals surface area contributed by atoms with Gasteiger partial charge in [-0.1, -0.05) is 42.5 Å². The summed E-state index contributed by atoms with van der Waals surface area (Å²) in [6.45, 7) is 0. The molecule has 0 saturated heterocycles. The number of rotatable bonds is 6. The zero-order valence-corrected chi connectivity index (χ0v) is 15.1. The van der Waals surface area contributed by atoms with Crippen LogP contribution in [-0.2, 0) is 16.0 Å². The predicted molar refractivity (Wildman–Crippen MR) is 102 cm³/mol. The first-order chi connectivity index (χ1) is 13.1. The fraction of sp³-hybridized carbons (Fsp3) is 0.190. The number of hydrogen-bond donors (Lipinski definition) is 1. The summed E-state index contributed by atoms with van der Waals surface area (Å²) in [4.78, 5) is 29.1. The first-order valence-corrected chi connectivity index (χ1v) is 8.47. The van der Waals surface area contributed by atoms with Crippen LogP contribution in [0.5, 0.6) is 5.88 Å². The Morgan fingerprint density at radius 2 is 1.81 bits per heavy atom. The second kappa shape index (κ2) is 8.31. The van der Waals surface area contributed by atoms with Gasteiger partial charge in [0, 0.05) is 24.2 Å². The molecule has 6 heteroatoms. The molecule has 0 aliphatic carbocycles. The van der Waals surface area contributed by atoms with Gasteiger partial charge in [0.15, 0.2) is 0 Å². The molecular weight excluding hydrogens is 344 g/mol. The van der Waals surface area contributed by atoms with Crippen molar-refractivity contribution in [2.24, 2.45) is 0 Å². The van der Waals surface area contributed by atoms with Crippen molar-refractivity contribution in [3.8, 4) is 5.88 Å². The molecule has 0 spiro atoms. The number of ether oxygens (including phenoxy) is 2. The van der Waals surface area contributed by atoms with Crippen LogP contribution in [-0.4, -0.2) is 37.1 Å². The number of nitrogens with zero attached hydrogens (tertiary/aromatic N) is 1. The van der Waals surface area contributed by atoms with E-state index in [1.165, 1.54) is 14.2 Å². The summed E-state index contributed by atoms with van der Waals surface area (Å²) in [6, 6.07) is 15.8. The third kappa shape index (κ3) is 4.23. The fourth-order valence-corrected chi connectivity index (χ4v) is 2.88. The Hall–Kier alpha value is -3.41. The number of carbonyl (C=O) groups excluding carboxylic acids is 2. The van der Waals surface area contributed by atoms with E-state index < -0.39 is 12.0 Å². The van der Waals surface area contributed by atoms with Gasteiger partial charge in [0.25, 0.3) is 5.91 Å². The molecule has 0 bridgehead atoms. The van der Waals surface area contributed by atoms with Crippen LogP contribution in [0.4, 0.5) is 0 Å². The molecule has 6 nitrogen and oxygen atoms in total. The number of benzene rings is 2. The molecule has 1 atom stereocenters. The van der Waals surface area contributed by atoms with Gasteiger partial charge < -0.3 is 14.8 Å². The molecule has 1 heterocycles. The summed E-state index contributed by atoms with van der Waals surface area (Å²) in [5.74, 6) is -0.365. The number of amides is 1. The van der Waals surface area contributed by atoms with E-state index in [-0.39, 0.29) is 12.3 Å². The Kier molecular flexibility index (Phi) is 5.66. The van der Waals surface area contributed by atoms with Crippen molar-refractivity contribution in [1.29, 1.82) is 0 Å². The lowest BCUT2D eigenvalue weighted by atomic mass is 10.0. The number of hydrogen-bond acceptors (Lipinski definition) is 5. The lowest BCUT2D eigenvalue weighted by molar-refractivity contribution is -0.142. The van der Waals surface area contributed by atoms with E-state index in [1.54, 1.807) is 24.4 Å². The van der Waals surface area contributed by atoms with Gasteiger partial charge >= 0.3 is 5.97 Å². The smallest absolute Gasteiger partial charge is 0.328 e. The lowest BCUT2D eigenvalue weighted by Gasteiger charge is -2.17. The van der Waals surface area contributed by atoms with Crippen LogP contribution in [0, 0.1) is 0 Å². The van der Waals surface area contributed by atoms with Crippen LogP contribution in [0.15, 0.2) is 60.8 Å². The first-order valence-electron chi connectivity index (χ1n) is 8.47. The van der Waals surface area contributed by atoms with Gasteiger partial charge in [0.2, 0.25) is 5.88 Å². The van der Waals surface area contributed by atoms with Gasteiger partial charge in [0.1, 0.15) is 6.04 Å². The van der Waals surface area contributed by atoms with Crippen LogP contribution in [0.1, 0.15) is 15.9 Å². The van der Waals surface area contributed by atoms with Crippen LogP contribution in [0.25, 0.3) is 10.8 Å². The van der Waals surface area contributed by atoms with Gasteiger partial charge in [-0.2, -0.15) is 0 Å². The minimum atomic E-state index is -0.823. The van der Waals surface area contributed by atoms with E-state index in [0.717, 1.165) is 16.3 Å². The summed E-state index contributed by atoms with van der Waals surface area (Å²) in [7, 11) is 2.83. The SMILES string of the molecule is COC(=O)[C@@H](Cc1ccc(OC)nc1)NC(=O)c1cccc2ccccc12. The summed E-state index contributed by atoms with van der Waals surface area (Å²) in [5.41, 5.74) is 1.29. The van der Waals surface area contributed by atoms with E-state index in [4.69, 9.17) is 9.47 Å². The molecule has 0 aliphatic heterocycles. The van der Waals surface area contributed by atoms with Crippen LogP contribution in [0.2, 0.25) is 0 Å². The van der Waals surface area contributed by atoms with Crippen LogP contribution >= 0.6 is 0 Å². The molecule has 0 aliphatic rings. The fourth-order valence-electron chi connectivity index (χ4n) is 2.88. The number of aromatic nitrogens is 1. The molecule has 1 aromatic heterocycles. The first kappa shape index (κ1) is 18.4. The molecule has 138 valence electrons. The molecule has 2 aromatic carbocycles. The lowest BCUT2D eigenvalue weighted by Crippen LogP contribution is -2.43. The zero-order chi connectivity index (χ0) is 19.2. The summed E-state index contributed by atoms with van der Waals surface area (Å²) in [5, 5.41) is 4.56. The van der Waals surface area contributed by atoms with Crippen molar-refractivity contribution in [3.05, 3.63) is 71.9 Å². The molecule has 0 fully saturated rings. The van der Waals surface area contributed by atoms with Crippen molar-refractivity contribution in [3.63, 3.8) is 0 Å². The monoisotopic (exact) mass is 364 g/mol. The largest absolute Gasteiger partial charge is 0.481 e. The zero-order valence-electron chi connectivity index (χ0n) is 15.1. The summed E-state index contributed by atoms with van der Waals surface area (Å²) in [6.07, 6.45) is 1.87. The number of pyridine rings is 1. The number of carbonyl (C=O) groups is 2. The maximum absolute atomic E-state index is 12.8. The van der Waals surface area contributed by atoms with E-state index in [0.29, 0.717) is 11.4 Å². The molecule has 0 radical (unpaired) electrons. The van der Waals surface area contributed by atoms with Gasteiger partial charge in [-0.3, -0.25) is 4.79 Å². The third-order valence-electron chi connectivity index (χ3n) is 4.27. The molecule has 1 amide bonds. The average molecular weight is 364 g/mol. The van der Waals surface area contributed by atoms with E-state index in [9.17, 15) is 9.59 Å². The Morgan fingerprint density at radius 3 is 2.52 bits per heavy atom. The van der Waals surface area contributed by atoms with E-state index in [2.05, 4.69) is 10.3 Å². The normalized spacial score (nSPS) is 11.6. The van der Waals surface area contributed by atoms with Crippen LogP contribution < -0.4 is 10.1 Å². The van der Waals surface area contributed by atoms with Crippen molar-refractivity contribution in [2.75, 3.05) is 14.2 Å². The van der Waals surface area contributed by atoms with E-state index in [1.807, 2.05) is 36.4 Å². The topological polar surface area (TPSA) is 77.5 Å². The van der Waals surface area contributed by atoms with Gasteiger partial charge in [-0.15, -0.1) is 0 Å². The van der Waals surface area contributed by atoms with Crippen LogP contribution in [0.3, 0.4) is 0 Å². The highest BCUT2D eigenvalue weighted by atomic mass is 16.5. The number of fused-ring (bicyclic) bond motifs is 1. The Bertz CT molecular complexity index is 949. The average Bonchev–Trinajstić information content (AvgIpc) is 2.72. The number of nitrogens with one attached hydrogen (secondary N) is 1. The van der Waals surface area contributed by atoms with Crippen molar-refractivity contribution in [1.82, 2.24) is 10.3 Å². The van der Waals surface area contributed by atoms with Gasteiger partial charge in [0.05, 0.1) is 14.2 Å². The minimum absolute atomic E-state index is 0.264. The van der Waals surface area contributed by atoms with Crippen molar-refractivity contribution in [2.45, 2.75) is 12.5 Å². The van der Waals surface area contributed by atoms with Crippen molar-refractivity contribution >= 4 is 22.6 Å². The second-order valence-electron chi connectivity index (χ2n) is 5.99. The third-order valence-corrected chi connectivity index (χ3v) is 4.27. The Labute approximate surface area is 157 Å². The minimum Gasteiger partial charge on any atom is -0.481 e. The highest BCUT2D eigenvalue weighted by Gasteiger charge is 2.23. The van der Waals surface area contributed by atoms with Crippen molar-refractivity contribution < 1.29 is 19.1 Å². The van der Waals surface area contributed by atoms with Gasteiger partial charge in [-0.25, -0.2) is 9.78 Å². The molecule has 27 heavy (non-hydrogen) atoms. The Morgan fingerprint density at radius 1 is 1.04 bits per heavy atom. The predicted octanol–water partition coefficient (Wildman–Crippen LogP) is 2.76. The molecule has 0 saturated carbocycles. The molecular formula is C21H20N2O4. The summed E-state index contributed by atoms with van der Waals surface area (Å²) < 4.78 is 9.89. The molecule has 3 rings (SSSR count). The summed E-state index contributed by atoms with van der Waals surface area (Å²) >= 11 is 0. The molecule has 1 N–H and O–H groups in total. The molecule has 0 unspecified atom stereocenters. The van der Waals surface area contributed by atoms with E-state index >= 15 is 0 Å². The molecule has 3 aromatic rings. The quantitative estimate of drug-likeness (QED) is 0.681. The highest BCUT2D eigenvalue weighted by Crippen LogP contribution is 2.19. The highest BCUT2D eigenvalue weighted by molar-refractivity contribution is 6.08. The second-order valence-corrected chi connectivity index (χ2v) is 5.99. The maximum Gasteiger partial charge on any atom is 0.328 e. The maximum atomic E-state index is 12.8. The Balaban J connectivity index is 1.83. The standard InChI is InChI=1S/C21H20N2O4/c1-26-19-11-10-14(13-22-19)12-18(21(25)27-2)23-20(24)17-9-5-7-15-6-3-4-8-16(15)17/h3-11,13,18H,12H2,1-2H3,(H,23,24)/t18-/m1/s1. The number of methoxy groups -OCH3 is 2.